The highest BCUT2D eigenvalue weighted by molar-refractivity contribution is 6.02. The lowest BCUT2D eigenvalue weighted by molar-refractivity contribution is -0.121. The van der Waals surface area contributed by atoms with E-state index in [0.717, 1.165) is 5.56 Å². The highest BCUT2D eigenvalue weighted by Gasteiger charge is 2.14. The van der Waals surface area contributed by atoms with Crippen LogP contribution in [0.3, 0.4) is 0 Å². The highest BCUT2D eigenvalue weighted by atomic mass is 16.3. The van der Waals surface area contributed by atoms with Crippen molar-refractivity contribution in [1.82, 2.24) is 5.32 Å². The lowest BCUT2D eigenvalue weighted by Crippen LogP contribution is -2.41. The molecular formula is C17H20N2O3. The van der Waals surface area contributed by atoms with Gasteiger partial charge >= 0.3 is 0 Å². The van der Waals surface area contributed by atoms with Crippen molar-refractivity contribution < 1.29 is 14.0 Å². The fraction of sp³-hybridized carbons (Fsp3) is 0.294. The quantitative estimate of drug-likeness (QED) is 0.912. The molecule has 0 saturated heterocycles. The van der Waals surface area contributed by atoms with Crippen LogP contribution in [0.4, 0.5) is 5.69 Å². The molecule has 1 aromatic carbocycles. The number of furan rings is 1. The Hall–Kier alpha value is -2.56. The van der Waals surface area contributed by atoms with Crippen molar-refractivity contribution in [3.63, 3.8) is 0 Å². The van der Waals surface area contributed by atoms with E-state index in [1.807, 2.05) is 32.9 Å². The van der Waals surface area contributed by atoms with Crippen LogP contribution in [0.1, 0.15) is 36.9 Å². The van der Waals surface area contributed by atoms with Gasteiger partial charge < -0.3 is 15.1 Å². The Morgan fingerprint density at radius 1 is 1.09 bits per heavy atom. The molecule has 0 radical (unpaired) electrons. The summed E-state index contributed by atoms with van der Waals surface area (Å²) in [5, 5.41) is 5.64. The number of carbonyl (C=O) groups excluding carboxylic acids is 2. The minimum Gasteiger partial charge on any atom is -0.459 e. The van der Waals surface area contributed by atoms with Crippen molar-refractivity contribution in [1.29, 1.82) is 0 Å². The number of hydrogen-bond acceptors (Lipinski definition) is 3. The minimum absolute atomic E-state index is 0.0279. The predicted molar refractivity (Wildman–Crippen MR) is 84.7 cm³/mol. The Bertz CT molecular complexity index is 638. The number of rotatable bonds is 4. The van der Waals surface area contributed by atoms with Crippen LogP contribution in [0.2, 0.25) is 0 Å². The number of nitrogens with one attached hydrogen (secondary N) is 2. The molecule has 0 aliphatic rings. The maximum absolute atomic E-state index is 11.9. The zero-order valence-electron chi connectivity index (χ0n) is 13.0. The summed E-state index contributed by atoms with van der Waals surface area (Å²) in [6.07, 6.45) is 1.76. The first kappa shape index (κ1) is 15.8. The fourth-order valence-electron chi connectivity index (χ4n) is 1.95. The number of carbonyl (C=O) groups is 2. The van der Waals surface area contributed by atoms with Gasteiger partial charge in [-0.15, -0.1) is 0 Å². The van der Waals surface area contributed by atoms with Gasteiger partial charge in [0.1, 0.15) is 0 Å². The molecule has 2 amide bonds. The molecule has 0 bridgehead atoms. The van der Waals surface area contributed by atoms with Crippen molar-refractivity contribution in [3.8, 4) is 0 Å². The first-order valence-corrected chi connectivity index (χ1v) is 7.08. The number of hydrogen-bond donors (Lipinski definition) is 2. The van der Waals surface area contributed by atoms with E-state index in [-0.39, 0.29) is 23.1 Å². The van der Waals surface area contributed by atoms with E-state index in [4.69, 9.17) is 4.42 Å². The Kier molecular flexibility index (Phi) is 4.65. The molecule has 1 heterocycles. The van der Waals surface area contributed by atoms with E-state index >= 15 is 0 Å². The third kappa shape index (κ3) is 4.77. The Labute approximate surface area is 129 Å². The zero-order valence-corrected chi connectivity index (χ0v) is 13.0. The number of amides is 2. The molecular weight excluding hydrogens is 280 g/mol. The first-order valence-electron chi connectivity index (χ1n) is 7.08. The second-order valence-electron chi connectivity index (χ2n) is 6.10. The molecule has 116 valence electrons. The van der Waals surface area contributed by atoms with E-state index in [2.05, 4.69) is 10.6 Å². The van der Waals surface area contributed by atoms with Crippen LogP contribution in [0, 0.1) is 0 Å². The van der Waals surface area contributed by atoms with E-state index in [0.29, 0.717) is 12.1 Å². The molecule has 2 rings (SSSR count). The summed E-state index contributed by atoms with van der Waals surface area (Å²) < 4.78 is 5.03. The van der Waals surface area contributed by atoms with Crippen LogP contribution in [0.5, 0.6) is 0 Å². The molecule has 0 aliphatic heterocycles. The van der Waals surface area contributed by atoms with Gasteiger partial charge in [-0.05, 0) is 50.6 Å². The lowest BCUT2D eigenvalue weighted by atomic mass is 10.1. The van der Waals surface area contributed by atoms with Gasteiger partial charge in [0.15, 0.2) is 5.76 Å². The predicted octanol–water partition coefficient (Wildman–Crippen LogP) is 2.99. The summed E-state index contributed by atoms with van der Waals surface area (Å²) in [5.41, 5.74) is 1.30. The Morgan fingerprint density at radius 2 is 1.77 bits per heavy atom. The van der Waals surface area contributed by atoms with Gasteiger partial charge in [-0.2, -0.15) is 0 Å². The van der Waals surface area contributed by atoms with Gasteiger partial charge in [0.25, 0.3) is 5.91 Å². The average molecular weight is 300 g/mol. The van der Waals surface area contributed by atoms with Crippen molar-refractivity contribution in [3.05, 3.63) is 54.0 Å². The van der Waals surface area contributed by atoms with Crippen LogP contribution in [0.25, 0.3) is 0 Å². The Balaban J connectivity index is 1.93. The van der Waals surface area contributed by atoms with Crippen LogP contribution in [-0.4, -0.2) is 17.4 Å². The summed E-state index contributed by atoms with van der Waals surface area (Å²) in [4.78, 5) is 23.7. The molecule has 2 aromatic rings. The molecule has 0 aliphatic carbocycles. The molecule has 0 spiro atoms. The summed E-state index contributed by atoms with van der Waals surface area (Å²) in [7, 11) is 0. The minimum atomic E-state index is -0.303. The van der Waals surface area contributed by atoms with Crippen LogP contribution in [-0.2, 0) is 11.2 Å². The van der Waals surface area contributed by atoms with Gasteiger partial charge in [0.05, 0.1) is 12.7 Å². The first-order chi connectivity index (χ1) is 10.3. The van der Waals surface area contributed by atoms with E-state index in [9.17, 15) is 9.59 Å². The molecule has 0 saturated carbocycles. The zero-order chi connectivity index (χ0) is 16.2. The van der Waals surface area contributed by atoms with Crippen LogP contribution < -0.4 is 10.6 Å². The van der Waals surface area contributed by atoms with Gasteiger partial charge in [0, 0.05) is 11.2 Å². The molecule has 1 aromatic heterocycles. The van der Waals surface area contributed by atoms with Crippen LogP contribution in [0.15, 0.2) is 47.1 Å². The molecule has 0 unspecified atom stereocenters. The van der Waals surface area contributed by atoms with Gasteiger partial charge in [-0.3, -0.25) is 9.59 Å². The van der Waals surface area contributed by atoms with Crippen molar-refractivity contribution in [2.75, 3.05) is 5.32 Å². The Morgan fingerprint density at radius 3 is 2.32 bits per heavy atom. The fourth-order valence-corrected chi connectivity index (χ4v) is 1.95. The molecule has 0 fully saturated rings. The summed E-state index contributed by atoms with van der Waals surface area (Å²) in [6, 6.07) is 10.4. The topological polar surface area (TPSA) is 71.3 Å². The van der Waals surface area contributed by atoms with Crippen LogP contribution >= 0.6 is 0 Å². The summed E-state index contributed by atoms with van der Waals surface area (Å²) >= 11 is 0. The smallest absolute Gasteiger partial charge is 0.291 e. The van der Waals surface area contributed by atoms with Gasteiger partial charge in [0.2, 0.25) is 5.91 Å². The average Bonchev–Trinajstić information content (AvgIpc) is 2.92. The summed E-state index contributed by atoms with van der Waals surface area (Å²) in [6.45, 7) is 5.83. The van der Waals surface area contributed by atoms with Crippen molar-refractivity contribution >= 4 is 17.5 Å². The lowest BCUT2D eigenvalue weighted by Gasteiger charge is -2.20. The maximum Gasteiger partial charge on any atom is 0.291 e. The van der Waals surface area contributed by atoms with Crippen molar-refractivity contribution in [2.24, 2.45) is 0 Å². The standard InChI is InChI=1S/C17H20N2O3/c1-17(2,3)19-15(20)11-12-6-8-13(9-7-12)18-16(21)14-5-4-10-22-14/h4-10H,11H2,1-3H3,(H,18,21)(H,19,20). The SMILES string of the molecule is CC(C)(C)NC(=O)Cc1ccc(NC(=O)c2ccco2)cc1. The number of benzene rings is 1. The molecule has 5 nitrogen and oxygen atoms in total. The van der Waals surface area contributed by atoms with E-state index in [1.165, 1.54) is 6.26 Å². The molecule has 2 N–H and O–H groups in total. The molecule has 22 heavy (non-hydrogen) atoms. The molecule has 5 heteroatoms. The van der Waals surface area contributed by atoms with Gasteiger partial charge in [-0.25, -0.2) is 0 Å². The second-order valence-corrected chi connectivity index (χ2v) is 6.10. The third-order valence-electron chi connectivity index (χ3n) is 2.84. The monoisotopic (exact) mass is 300 g/mol. The molecule has 0 atom stereocenters. The maximum atomic E-state index is 11.9. The largest absolute Gasteiger partial charge is 0.459 e. The van der Waals surface area contributed by atoms with Crippen molar-refractivity contribution in [2.45, 2.75) is 32.7 Å². The van der Waals surface area contributed by atoms with E-state index < -0.39 is 0 Å². The normalized spacial score (nSPS) is 11.0. The summed E-state index contributed by atoms with van der Waals surface area (Å²) in [5.74, 6) is -0.0725. The van der Waals surface area contributed by atoms with Gasteiger partial charge in [-0.1, -0.05) is 12.1 Å². The highest BCUT2D eigenvalue weighted by Crippen LogP contribution is 2.12. The number of anilines is 1. The second kappa shape index (κ2) is 6.47. The third-order valence-corrected chi connectivity index (χ3v) is 2.84. The van der Waals surface area contributed by atoms with E-state index in [1.54, 1.807) is 24.3 Å².